The van der Waals surface area contributed by atoms with Gasteiger partial charge in [-0.05, 0) is 30.1 Å². The van der Waals surface area contributed by atoms with Crippen LogP contribution in [0.2, 0.25) is 0 Å². The van der Waals surface area contributed by atoms with Crippen molar-refractivity contribution in [1.29, 1.82) is 0 Å². The van der Waals surface area contributed by atoms with Crippen LogP contribution < -0.4 is 0 Å². The standard InChI is InChI=1S/C23H27NO9/c1-11(25)32-14-9-13(20(28)30-4)22(2)6-5-12-21(29)33-15(17(27)19-24-7-8-31-19)10-23(12,3)18(22)16(14)26/h7-8,12-15,18H,5-6,9-10H2,1-4H3/t12-,13-,14-,15-,18-,22-,23-/m0/s1. The van der Waals surface area contributed by atoms with Crippen molar-refractivity contribution < 1.29 is 42.6 Å². The lowest BCUT2D eigenvalue weighted by atomic mass is 9.43. The van der Waals surface area contributed by atoms with E-state index in [1.165, 1.54) is 26.5 Å². The Balaban J connectivity index is 1.77. The number of esters is 3. The van der Waals surface area contributed by atoms with E-state index in [0.29, 0.717) is 12.8 Å². The van der Waals surface area contributed by atoms with Gasteiger partial charge in [0.1, 0.15) is 6.26 Å². The molecule has 1 aliphatic heterocycles. The third-order valence-electron chi connectivity index (χ3n) is 7.83. The third kappa shape index (κ3) is 3.55. The van der Waals surface area contributed by atoms with Gasteiger partial charge in [-0.1, -0.05) is 13.8 Å². The van der Waals surface area contributed by atoms with E-state index in [2.05, 4.69) is 4.98 Å². The van der Waals surface area contributed by atoms with Crippen molar-refractivity contribution in [3.63, 3.8) is 0 Å². The van der Waals surface area contributed by atoms with Crippen molar-refractivity contribution in [3.8, 4) is 0 Å². The second-order valence-electron chi connectivity index (χ2n) is 9.68. The fourth-order valence-electron chi connectivity index (χ4n) is 6.45. The molecule has 2 saturated carbocycles. The summed E-state index contributed by atoms with van der Waals surface area (Å²) in [6, 6.07) is 0. The van der Waals surface area contributed by atoms with Crippen LogP contribution in [0.5, 0.6) is 0 Å². The fourth-order valence-corrected chi connectivity index (χ4v) is 6.45. The summed E-state index contributed by atoms with van der Waals surface area (Å²) in [5.74, 6) is -5.05. The summed E-state index contributed by atoms with van der Waals surface area (Å²) in [7, 11) is 1.27. The number of ether oxygens (including phenoxy) is 3. The second-order valence-corrected chi connectivity index (χ2v) is 9.68. The maximum atomic E-state index is 13.7. The van der Waals surface area contributed by atoms with Crippen LogP contribution in [-0.2, 0) is 33.4 Å². The molecule has 0 amide bonds. The molecule has 7 atom stereocenters. The van der Waals surface area contributed by atoms with E-state index in [9.17, 15) is 24.0 Å². The Kier molecular flexibility index (Phi) is 5.66. The van der Waals surface area contributed by atoms with Gasteiger partial charge in [0.2, 0.25) is 0 Å². The number of aromatic nitrogens is 1. The molecular weight excluding hydrogens is 434 g/mol. The molecule has 0 unspecified atom stereocenters. The number of rotatable bonds is 4. The Labute approximate surface area is 190 Å². The molecule has 1 aromatic heterocycles. The average Bonchev–Trinajstić information content (AvgIpc) is 3.28. The third-order valence-corrected chi connectivity index (χ3v) is 7.83. The quantitative estimate of drug-likeness (QED) is 0.371. The van der Waals surface area contributed by atoms with Gasteiger partial charge in [-0.25, -0.2) is 4.98 Å². The normalized spacial score (nSPS) is 37.9. The van der Waals surface area contributed by atoms with E-state index >= 15 is 0 Å². The van der Waals surface area contributed by atoms with Crippen molar-refractivity contribution in [2.75, 3.05) is 7.11 Å². The van der Waals surface area contributed by atoms with Gasteiger partial charge in [0, 0.05) is 19.3 Å². The fraction of sp³-hybridized carbons (Fsp3) is 0.652. The Morgan fingerprint density at radius 3 is 2.52 bits per heavy atom. The SMILES string of the molecule is COC(=O)[C@@H]1C[C@H](OC(C)=O)C(=O)[C@H]2[C@@]1(C)CC[C@H]1C(=O)O[C@H](C(=O)c3ncco3)C[C@]21C. The molecule has 33 heavy (non-hydrogen) atoms. The van der Waals surface area contributed by atoms with Gasteiger partial charge in [0.05, 0.1) is 25.1 Å². The zero-order valence-corrected chi connectivity index (χ0v) is 19.0. The van der Waals surface area contributed by atoms with Crippen molar-refractivity contribution in [3.05, 3.63) is 18.4 Å². The number of fused-ring (bicyclic) bond motifs is 3. The largest absolute Gasteiger partial charge is 0.469 e. The first-order chi connectivity index (χ1) is 15.5. The zero-order valence-electron chi connectivity index (χ0n) is 19.0. The molecule has 178 valence electrons. The highest BCUT2D eigenvalue weighted by Gasteiger charge is 2.68. The van der Waals surface area contributed by atoms with Crippen molar-refractivity contribution in [2.24, 2.45) is 28.6 Å². The first kappa shape index (κ1) is 23.1. The van der Waals surface area contributed by atoms with Crippen LogP contribution in [-0.4, -0.2) is 53.8 Å². The predicted octanol–water partition coefficient (Wildman–Crippen LogP) is 1.91. The first-order valence-corrected chi connectivity index (χ1v) is 11.0. The molecule has 3 aliphatic rings. The minimum absolute atomic E-state index is 0.0158. The average molecular weight is 461 g/mol. The van der Waals surface area contributed by atoms with Gasteiger partial charge in [-0.15, -0.1) is 0 Å². The molecule has 2 heterocycles. The summed E-state index contributed by atoms with van der Waals surface area (Å²) in [6.07, 6.45) is 1.10. The van der Waals surface area contributed by atoms with Gasteiger partial charge in [0.25, 0.3) is 11.7 Å². The van der Waals surface area contributed by atoms with Gasteiger partial charge in [-0.3, -0.25) is 24.0 Å². The maximum absolute atomic E-state index is 13.7. The molecule has 10 nitrogen and oxygen atoms in total. The van der Waals surface area contributed by atoms with E-state index in [1.807, 2.05) is 6.92 Å². The van der Waals surface area contributed by atoms with Gasteiger partial charge < -0.3 is 18.6 Å². The molecule has 0 bridgehead atoms. The number of hydrogen-bond donors (Lipinski definition) is 0. The summed E-state index contributed by atoms with van der Waals surface area (Å²) < 4.78 is 20.9. The van der Waals surface area contributed by atoms with E-state index in [-0.39, 0.29) is 24.5 Å². The number of nitrogens with zero attached hydrogens (tertiary/aromatic N) is 1. The smallest absolute Gasteiger partial charge is 0.310 e. The molecule has 0 N–H and O–H groups in total. The minimum atomic E-state index is -1.18. The van der Waals surface area contributed by atoms with Crippen molar-refractivity contribution >= 4 is 29.5 Å². The molecule has 1 saturated heterocycles. The second kappa shape index (κ2) is 8.07. The van der Waals surface area contributed by atoms with Crippen molar-refractivity contribution in [1.82, 2.24) is 4.98 Å². The molecule has 1 aromatic rings. The summed E-state index contributed by atoms with van der Waals surface area (Å²) in [5, 5.41) is 0. The molecule has 3 fully saturated rings. The molecule has 4 rings (SSSR count). The highest BCUT2D eigenvalue weighted by atomic mass is 16.6. The van der Waals surface area contributed by atoms with E-state index in [1.54, 1.807) is 6.92 Å². The minimum Gasteiger partial charge on any atom is -0.469 e. The van der Waals surface area contributed by atoms with E-state index < -0.39 is 64.5 Å². The van der Waals surface area contributed by atoms with Crippen LogP contribution in [0.3, 0.4) is 0 Å². The number of carbonyl (C=O) groups excluding carboxylic acids is 5. The van der Waals surface area contributed by atoms with E-state index in [4.69, 9.17) is 18.6 Å². The van der Waals surface area contributed by atoms with E-state index in [0.717, 1.165) is 0 Å². The van der Waals surface area contributed by atoms with Crippen LogP contribution in [0.4, 0.5) is 0 Å². The molecule has 0 radical (unpaired) electrons. The van der Waals surface area contributed by atoms with Crippen LogP contribution in [0.15, 0.2) is 16.9 Å². The number of methoxy groups -OCH3 is 1. The number of hydrogen-bond acceptors (Lipinski definition) is 10. The Morgan fingerprint density at radius 1 is 1.18 bits per heavy atom. The van der Waals surface area contributed by atoms with Gasteiger partial charge in [-0.2, -0.15) is 0 Å². The summed E-state index contributed by atoms with van der Waals surface area (Å²) in [5.41, 5.74) is -1.86. The Hall–Kier alpha value is -3.04. The lowest BCUT2D eigenvalue weighted by Crippen LogP contribution is -2.65. The topological polar surface area (TPSA) is 139 Å². The Bertz CT molecular complexity index is 1000. The number of cyclic esters (lactones) is 1. The monoisotopic (exact) mass is 461 g/mol. The summed E-state index contributed by atoms with van der Waals surface area (Å²) >= 11 is 0. The lowest BCUT2D eigenvalue weighted by Gasteiger charge is -2.60. The van der Waals surface area contributed by atoms with Gasteiger partial charge in [0.15, 0.2) is 18.0 Å². The first-order valence-electron chi connectivity index (χ1n) is 11.0. The molecular formula is C23H27NO9. The zero-order chi connectivity index (χ0) is 24.1. The van der Waals surface area contributed by atoms with Crippen LogP contribution in [0.25, 0.3) is 0 Å². The summed E-state index contributed by atoms with van der Waals surface area (Å²) in [4.78, 5) is 68.0. The maximum Gasteiger partial charge on any atom is 0.310 e. The number of oxazole rings is 1. The molecule has 10 heteroatoms. The predicted molar refractivity (Wildman–Crippen MR) is 108 cm³/mol. The van der Waals surface area contributed by atoms with Crippen LogP contribution in [0.1, 0.15) is 57.1 Å². The highest BCUT2D eigenvalue weighted by Crippen LogP contribution is 2.64. The Morgan fingerprint density at radius 2 is 1.91 bits per heavy atom. The highest BCUT2D eigenvalue weighted by molar-refractivity contribution is 5.98. The van der Waals surface area contributed by atoms with Crippen LogP contribution >= 0.6 is 0 Å². The number of Topliss-reactive ketones (excluding diaryl/α,β-unsaturated/α-hetero) is 2. The number of carbonyl (C=O) groups is 5. The molecule has 0 spiro atoms. The summed E-state index contributed by atoms with van der Waals surface area (Å²) in [6.45, 7) is 4.81. The van der Waals surface area contributed by atoms with Gasteiger partial charge >= 0.3 is 17.9 Å². The number of ketones is 2. The van der Waals surface area contributed by atoms with Crippen molar-refractivity contribution in [2.45, 2.75) is 58.7 Å². The lowest BCUT2D eigenvalue weighted by molar-refractivity contribution is -0.207. The molecule has 2 aliphatic carbocycles. The van der Waals surface area contributed by atoms with Crippen LogP contribution in [0, 0.1) is 28.6 Å². The molecule has 0 aromatic carbocycles.